The fraction of sp³-hybridized carbons (Fsp3) is 0.188. The summed E-state index contributed by atoms with van der Waals surface area (Å²) in [5.41, 5.74) is 0.635. The van der Waals surface area contributed by atoms with Crippen molar-refractivity contribution in [2.24, 2.45) is 7.05 Å². The molecule has 0 radical (unpaired) electrons. The van der Waals surface area contributed by atoms with E-state index in [0.717, 1.165) is 10.2 Å². The number of nitrogens with zero attached hydrogens (tertiary/aromatic N) is 2. The highest BCUT2D eigenvalue weighted by molar-refractivity contribution is 9.10. The summed E-state index contributed by atoms with van der Waals surface area (Å²) in [6.07, 6.45) is 0. The first-order chi connectivity index (χ1) is 11.5. The van der Waals surface area contributed by atoms with Crippen LogP contribution in [0.3, 0.4) is 0 Å². The Labute approximate surface area is 155 Å². The van der Waals surface area contributed by atoms with Crippen LogP contribution in [-0.2, 0) is 11.8 Å². The van der Waals surface area contributed by atoms with Gasteiger partial charge in [0.05, 0.1) is 10.6 Å². The molecule has 0 saturated heterocycles. The molecule has 0 spiro atoms. The number of amides is 1. The van der Waals surface area contributed by atoms with Gasteiger partial charge in [-0.2, -0.15) is 0 Å². The number of anilines is 1. The van der Waals surface area contributed by atoms with Crippen molar-refractivity contribution in [1.29, 1.82) is 0 Å². The fourth-order valence-corrected chi connectivity index (χ4v) is 4.02. The fourth-order valence-electron chi connectivity index (χ4n) is 2.07. The highest BCUT2D eigenvalue weighted by Gasteiger charge is 2.18. The third-order valence-electron chi connectivity index (χ3n) is 3.43. The largest absolute Gasteiger partial charge is 0.325 e. The first-order valence-corrected chi connectivity index (χ1v) is 9.68. The maximum atomic E-state index is 12.4. The van der Waals surface area contributed by atoms with Gasteiger partial charge in [-0.3, -0.25) is 14.2 Å². The van der Waals surface area contributed by atoms with Crippen molar-refractivity contribution in [2.45, 2.75) is 17.3 Å². The Hall–Kier alpha value is -1.64. The highest BCUT2D eigenvalue weighted by atomic mass is 79.9. The molecular formula is C16H14BrN3O2S2. The summed E-state index contributed by atoms with van der Waals surface area (Å²) < 4.78 is 2.44. The number of nitrogens with one attached hydrogen (secondary N) is 1. The number of halogens is 1. The summed E-state index contributed by atoms with van der Waals surface area (Å²) >= 11 is 6.05. The standard InChI is InChI=1S/C16H14BrN3O2S2/c1-9(13(21)18-11-5-3-10(17)4-6-11)24-16-19-14-12(7-8-23-14)15(22)20(16)2/h3-9H,1-2H3,(H,18,21). The first kappa shape index (κ1) is 17.2. The van der Waals surface area contributed by atoms with E-state index in [1.54, 1.807) is 20.0 Å². The maximum absolute atomic E-state index is 12.4. The molecule has 8 heteroatoms. The second-order valence-corrected chi connectivity index (χ2v) is 8.27. The van der Waals surface area contributed by atoms with Crippen LogP contribution in [0.15, 0.2) is 50.1 Å². The van der Waals surface area contributed by atoms with Crippen LogP contribution in [0.4, 0.5) is 5.69 Å². The van der Waals surface area contributed by atoms with Gasteiger partial charge in [0.15, 0.2) is 5.16 Å². The van der Waals surface area contributed by atoms with Crippen molar-refractivity contribution < 1.29 is 4.79 Å². The number of aromatic nitrogens is 2. The van der Waals surface area contributed by atoms with Gasteiger partial charge in [-0.05, 0) is 42.6 Å². The minimum absolute atomic E-state index is 0.0933. The number of benzene rings is 1. The Morgan fingerprint density at radius 2 is 2.04 bits per heavy atom. The Morgan fingerprint density at radius 1 is 1.33 bits per heavy atom. The number of rotatable bonds is 4. The van der Waals surface area contributed by atoms with E-state index in [1.807, 2.05) is 29.6 Å². The number of hydrogen-bond acceptors (Lipinski definition) is 5. The van der Waals surface area contributed by atoms with E-state index in [0.29, 0.717) is 15.4 Å². The summed E-state index contributed by atoms with van der Waals surface area (Å²) in [4.78, 5) is 29.8. The van der Waals surface area contributed by atoms with E-state index < -0.39 is 0 Å². The van der Waals surface area contributed by atoms with Gasteiger partial charge in [-0.15, -0.1) is 11.3 Å². The van der Waals surface area contributed by atoms with Gasteiger partial charge >= 0.3 is 0 Å². The molecule has 2 aromatic heterocycles. The second-order valence-electron chi connectivity index (χ2n) is 5.15. The lowest BCUT2D eigenvalue weighted by atomic mass is 10.3. The molecular weight excluding hydrogens is 410 g/mol. The van der Waals surface area contributed by atoms with Crippen LogP contribution in [0.5, 0.6) is 0 Å². The van der Waals surface area contributed by atoms with E-state index in [-0.39, 0.29) is 16.7 Å². The Balaban J connectivity index is 1.77. The quantitative estimate of drug-likeness (QED) is 0.510. The van der Waals surface area contributed by atoms with Gasteiger partial charge < -0.3 is 5.32 Å². The molecule has 0 saturated carbocycles. The zero-order valence-electron chi connectivity index (χ0n) is 12.9. The van der Waals surface area contributed by atoms with Gasteiger partial charge in [-0.1, -0.05) is 27.7 Å². The molecule has 1 aromatic carbocycles. The average molecular weight is 424 g/mol. The molecule has 1 N–H and O–H groups in total. The van der Waals surface area contributed by atoms with Crippen molar-refractivity contribution in [3.63, 3.8) is 0 Å². The van der Waals surface area contributed by atoms with Gasteiger partial charge in [0.1, 0.15) is 4.83 Å². The van der Waals surface area contributed by atoms with Gasteiger partial charge in [0.25, 0.3) is 5.56 Å². The van der Waals surface area contributed by atoms with Gasteiger partial charge in [0.2, 0.25) is 5.91 Å². The molecule has 1 amide bonds. The van der Waals surface area contributed by atoms with Gasteiger partial charge in [0, 0.05) is 17.2 Å². The maximum Gasteiger partial charge on any atom is 0.262 e. The van der Waals surface area contributed by atoms with E-state index in [1.165, 1.54) is 27.7 Å². The predicted octanol–water partition coefficient (Wildman–Crippen LogP) is 3.88. The molecule has 3 rings (SSSR count). The summed E-state index contributed by atoms with van der Waals surface area (Å²) in [6, 6.07) is 9.15. The monoisotopic (exact) mass is 423 g/mol. The third-order valence-corrected chi connectivity index (χ3v) is 5.91. The summed E-state index contributed by atoms with van der Waals surface area (Å²) in [5.74, 6) is -0.136. The number of fused-ring (bicyclic) bond motifs is 1. The minimum atomic E-state index is -0.385. The molecule has 0 fully saturated rings. The highest BCUT2D eigenvalue weighted by Crippen LogP contribution is 2.25. The Morgan fingerprint density at radius 3 is 2.75 bits per heavy atom. The van der Waals surface area contributed by atoms with Crippen molar-refractivity contribution >= 4 is 60.8 Å². The van der Waals surface area contributed by atoms with E-state index in [4.69, 9.17) is 0 Å². The second kappa shape index (κ2) is 7.08. The number of carbonyl (C=O) groups excluding carboxylic acids is 1. The van der Waals surface area contributed by atoms with Gasteiger partial charge in [-0.25, -0.2) is 4.98 Å². The summed E-state index contributed by atoms with van der Waals surface area (Å²) in [5, 5.41) is 5.47. The van der Waals surface area contributed by atoms with Crippen LogP contribution in [0.25, 0.3) is 10.2 Å². The molecule has 3 aromatic rings. The van der Waals surface area contributed by atoms with Crippen molar-refractivity contribution in [3.05, 3.63) is 50.5 Å². The number of carbonyl (C=O) groups is 1. The van der Waals surface area contributed by atoms with Crippen LogP contribution in [0.1, 0.15) is 6.92 Å². The molecule has 0 aliphatic carbocycles. The molecule has 124 valence electrons. The molecule has 1 unspecified atom stereocenters. The summed E-state index contributed by atoms with van der Waals surface area (Å²) in [6.45, 7) is 1.80. The molecule has 0 aliphatic rings. The average Bonchev–Trinajstić information content (AvgIpc) is 3.03. The number of thiophene rings is 1. The zero-order chi connectivity index (χ0) is 17.3. The molecule has 5 nitrogen and oxygen atoms in total. The normalized spacial score (nSPS) is 12.3. The smallest absolute Gasteiger partial charge is 0.262 e. The Kier molecular flexibility index (Phi) is 5.07. The molecule has 2 heterocycles. The molecule has 24 heavy (non-hydrogen) atoms. The SMILES string of the molecule is CC(Sc1nc2sccc2c(=O)n1C)C(=O)Nc1ccc(Br)cc1. The lowest BCUT2D eigenvalue weighted by Gasteiger charge is -2.13. The zero-order valence-corrected chi connectivity index (χ0v) is 16.2. The summed E-state index contributed by atoms with van der Waals surface area (Å²) in [7, 11) is 1.67. The van der Waals surface area contributed by atoms with Crippen LogP contribution in [0.2, 0.25) is 0 Å². The van der Waals surface area contributed by atoms with Crippen molar-refractivity contribution in [2.75, 3.05) is 5.32 Å². The minimum Gasteiger partial charge on any atom is -0.325 e. The number of thioether (sulfide) groups is 1. The third kappa shape index (κ3) is 3.55. The lowest BCUT2D eigenvalue weighted by Crippen LogP contribution is -2.25. The molecule has 0 bridgehead atoms. The topological polar surface area (TPSA) is 64.0 Å². The number of hydrogen-bond donors (Lipinski definition) is 1. The van der Waals surface area contributed by atoms with E-state index in [9.17, 15) is 9.59 Å². The van der Waals surface area contributed by atoms with Crippen LogP contribution < -0.4 is 10.9 Å². The van der Waals surface area contributed by atoms with Crippen molar-refractivity contribution in [3.8, 4) is 0 Å². The molecule has 1 atom stereocenters. The van der Waals surface area contributed by atoms with E-state index in [2.05, 4.69) is 26.2 Å². The van der Waals surface area contributed by atoms with Crippen LogP contribution in [-0.4, -0.2) is 20.7 Å². The van der Waals surface area contributed by atoms with Crippen molar-refractivity contribution in [1.82, 2.24) is 9.55 Å². The predicted molar refractivity (Wildman–Crippen MR) is 103 cm³/mol. The first-order valence-electron chi connectivity index (χ1n) is 7.13. The van der Waals surface area contributed by atoms with E-state index >= 15 is 0 Å². The molecule has 0 aliphatic heterocycles. The van der Waals surface area contributed by atoms with Crippen LogP contribution >= 0.6 is 39.0 Å². The Bertz CT molecular complexity index is 950. The van der Waals surface area contributed by atoms with Crippen LogP contribution in [0, 0.1) is 0 Å². The lowest BCUT2D eigenvalue weighted by molar-refractivity contribution is -0.115.